The van der Waals surface area contributed by atoms with Crippen LogP contribution in [-0.4, -0.2) is 43.2 Å². The second-order valence-electron chi connectivity index (χ2n) is 9.11. The quantitative estimate of drug-likeness (QED) is 0.414. The number of amides is 1. The van der Waals surface area contributed by atoms with Crippen molar-refractivity contribution in [1.29, 1.82) is 0 Å². The van der Waals surface area contributed by atoms with Crippen molar-refractivity contribution in [1.82, 2.24) is 4.72 Å². The lowest BCUT2D eigenvalue weighted by atomic mass is 9.83. The van der Waals surface area contributed by atoms with Gasteiger partial charge in [-0.25, -0.2) is 13.1 Å². The molecule has 35 heavy (non-hydrogen) atoms. The molecular formula is C25H31N5O4S. The number of aromatic hydroxyl groups is 1. The summed E-state index contributed by atoms with van der Waals surface area (Å²) in [5.74, 6) is -0.245. The number of hydrogen-bond donors (Lipinski definition) is 3. The minimum Gasteiger partial charge on any atom is -0.505 e. The molecular weight excluding hydrogens is 466 g/mol. The summed E-state index contributed by atoms with van der Waals surface area (Å²) in [7, 11) is -1.86. The van der Waals surface area contributed by atoms with Gasteiger partial charge in [0.1, 0.15) is 5.75 Å². The van der Waals surface area contributed by atoms with Crippen LogP contribution >= 0.6 is 0 Å². The molecule has 9 nitrogen and oxygen atoms in total. The second-order valence-corrected chi connectivity index (χ2v) is 11.3. The average Bonchev–Trinajstić information content (AvgIpc) is 3.13. The molecule has 0 bridgehead atoms. The van der Waals surface area contributed by atoms with Gasteiger partial charge in [0.2, 0.25) is 10.0 Å². The Labute approximate surface area is 206 Å². The van der Waals surface area contributed by atoms with Gasteiger partial charge in [0.15, 0.2) is 5.71 Å². The highest BCUT2D eigenvalue weighted by molar-refractivity contribution is 7.90. The van der Waals surface area contributed by atoms with Gasteiger partial charge in [0.05, 0.1) is 22.3 Å². The second kappa shape index (κ2) is 9.79. The molecule has 10 heteroatoms. The van der Waals surface area contributed by atoms with E-state index in [0.717, 1.165) is 16.7 Å². The first kappa shape index (κ1) is 24.9. The van der Waals surface area contributed by atoms with Crippen molar-refractivity contribution in [3.8, 4) is 5.75 Å². The van der Waals surface area contributed by atoms with Crippen LogP contribution in [0.15, 0.2) is 46.6 Å². The molecule has 1 aliphatic heterocycles. The normalized spacial score (nSPS) is 21.9. The number of phenolic OH excluding ortho intramolecular Hbond substituents is 1. The molecule has 0 unspecified atom stereocenters. The van der Waals surface area contributed by atoms with E-state index < -0.39 is 15.3 Å². The molecule has 0 saturated heterocycles. The molecule has 1 saturated carbocycles. The van der Waals surface area contributed by atoms with E-state index in [1.807, 2.05) is 44.2 Å². The first-order chi connectivity index (χ1) is 16.6. The van der Waals surface area contributed by atoms with Gasteiger partial charge in [0.25, 0.3) is 0 Å². The number of benzene rings is 2. The number of carbonyl (C=O) groups is 1. The largest absolute Gasteiger partial charge is 0.505 e. The number of sulfonamides is 1. The van der Waals surface area contributed by atoms with Gasteiger partial charge in [-0.2, -0.15) is 15.2 Å². The zero-order valence-corrected chi connectivity index (χ0v) is 21.2. The van der Waals surface area contributed by atoms with Crippen LogP contribution < -0.4 is 15.2 Å². The summed E-state index contributed by atoms with van der Waals surface area (Å²) in [4.78, 5) is 13.0. The molecule has 4 rings (SSSR count). The summed E-state index contributed by atoms with van der Waals surface area (Å²) >= 11 is 0. The van der Waals surface area contributed by atoms with Crippen LogP contribution in [0, 0.1) is 13.8 Å². The summed E-state index contributed by atoms with van der Waals surface area (Å²) in [5, 5.41) is 20.5. The number of carbonyl (C=O) groups excluding carboxylic acids is 1. The summed E-state index contributed by atoms with van der Waals surface area (Å²) in [6, 6.07) is 11.0. The SMILES string of the molecule is CNS(=O)(=O)C1CCC(c2cccc(N/N=C3\C(=O)N(c4ccc(C)c(C)c4)N=C3C)c2O)CC1. The number of phenols is 1. The number of para-hydroxylation sites is 1. The molecule has 186 valence electrons. The van der Waals surface area contributed by atoms with Crippen molar-refractivity contribution in [2.75, 3.05) is 17.5 Å². The maximum Gasteiger partial charge on any atom is 0.301 e. The molecule has 0 atom stereocenters. The summed E-state index contributed by atoms with van der Waals surface area (Å²) in [6.45, 7) is 5.70. The Balaban J connectivity index is 1.49. The smallest absolute Gasteiger partial charge is 0.301 e. The molecule has 3 N–H and O–H groups in total. The number of nitrogens with one attached hydrogen (secondary N) is 2. The van der Waals surface area contributed by atoms with Crippen LogP contribution in [0.2, 0.25) is 0 Å². The molecule has 1 fully saturated rings. The Morgan fingerprint density at radius 3 is 2.43 bits per heavy atom. The van der Waals surface area contributed by atoms with Gasteiger partial charge in [-0.3, -0.25) is 10.2 Å². The predicted molar refractivity (Wildman–Crippen MR) is 139 cm³/mol. The molecule has 1 amide bonds. The molecule has 1 aliphatic carbocycles. The van der Waals surface area contributed by atoms with Gasteiger partial charge in [-0.15, -0.1) is 0 Å². The van der Waals surface area contributed by atoms with Crippen molar-refractivity contribution in [3.63, 3.8) is 0 Å². The van der Waals surface area contributed by atoms with Crippen LogP contribution in [0.5, 0.6) is 5.75 Å². The Morgan fingerprint density at radius 2 is 1.77 bits per heavy atom. The lowest BCUT2D eigenvalue weighted by molar-refractivity contribution is -0.112. The molecule has 2 aromatic rings. The van der Waals surface area contributed by atoms with E-state index in [4.69, 9.17) is 0 Å². The number of aryl methyl sites for hydroxylation is 2. The fraction of sp³-hybridized carbons (Fsp3) is 0.400. The third-order valence-electron chi connectivity index (χ3n) is 6.92. The molecule has 1 heterocycles. The maximum absolute atomic E-state index is 13.0. The van der Waals surface area contributed by atoms with E-state index in [9.17, 15) is 18.3 Å². The minimum atomic E-state index is -3.29. The topological polar surface area (TPSA) is 123 Å². The van der Waals surface area contributed by atoms with E-state index in [0.29, 0.717) is 42.8 Å². The molecule has 0 aromatic heterocycles. The van der Waals surface area contributed by atoms with Crippen molar-refractivity contribution < 1.29 is 18.3 Å². The number of hydrogen-bond acceptors (Lipinski definition) is 7. The molecule has 2 aromatic carbocycles. The van der Waals surface area contributed by atoms with E-state index in [1.54, 1.807) is 13.0 Å². The zero-order valence-electron chi connectivity index (χ0n) is 20.4. The van der Waals surface area contributed by atoms with E-state index in [2.05, 4.69) is 20.4 Å². The van der Waals surface area contributed by atoms with E-state index in [1.165, 1.54) is 12.1 Å². The van der Waals surface area contributed by atoms with Crippen LogP contribution in [0.25, 0.3) is 0 Å². The lowest BCUT2D eigenvalue weighted by Gasteiger charge is -2.29. The summed E-state index contributed by atoms with van der Waals surface area (Å²) < 4.78 is 26.6. The Morgan fingerprint density at radius 1 is 1.06 bits per heavy atom. The Hall–Kier alpha value is -3.24. The highest BCUT2D eigenvalue weighted by Crippen LogP contribution is 2.41. The summed E-state index contributed by atoms with van der Waals surface area (Å²) in [5.41, 5.74) is 7.46. The summed E-state index contributed by atoms with van der Waals surface area (Å²) in [6.07, 6.45) is 2.38. The minimum absolute atomic E-state index is 0.0457. The maximum atomic E-state index is 13.0. The van der Waals surface area contributed by atoms with Crippen LogP contribution in [0.3, 0.4) is 0 Å². The van der Waals surface area contributed by atoms with Crippen molar-refractivity contribution in [2.45, 2.75) is 57.6 Å². The number of hydrazone groups is 2. The van der Waals surface area contributed by atoms with Crippen LogP contribution in [-0.2, 0) is 14.8 Å². The molecule has 0 radical (unpaired) electrons. The average molecular weight is 498 g/mol. The highest BCUT2D eigenvalue weighted by Gasteiger charge is 2.33. The molecule has 0 spiro atoms. The third-order valence-corrected chi connectivity index (χ3v) is 8.83. The third kappa shape index (κ3) is 4.94. The predicted octanol–water partition coefficient (Wildman–Crippen LogP) is 3.78. The fourth-order valence-corrected chi connectivity index (χ4v) is 5.83. The number of nitrogens with zero attached hydrogens (tertiary/aromatic N) is 3. The van der Waals surface area contributed by atoms with Gasteiger partial charge in [-0.05, 0) is 94.3 Å². The van der Waals surface area contributed by atoms with Gasteiger partial charge >= 0.3 is 5.91 Å². The number of anilines is 2. The standard InChI is InChI=1S/C25H31N5O4S/c1-15-8-11-19(14-16(15)2)30-25(32)23(17(3)29-30)28-27-22-7-5-6-21(24(22)31)18-9-12-20(13-10-18)35(33,34)26-4/h5-8,11,14,18,20,26-27,31H,9-10,12-13H2,1-4H3/b28-23-. The zero-order chi connectivity index (χ0) is 25.3. The first-order valence-corrected chi connectivity index (χ1v) is 13.2. The van der Waals surface area contributed by atoms with Gasteiger partial charge in [-0.1, -0.05) is 18.2 Å². The monoisotopic (exact) mass is 497 g/mol. The molecule has 2 aliphatic rings. The highest BCUT2D eigenvalue weighted by atomic mass is 32.2. The fourth-order valence-electron chi connectivity index (χ4n) is 4.61. The van der Waals surface area contributed by atoms with Crippen LogP contribution in [0.4, 0.5) is 11.4 Å². The van der Waals surface area contributed by atoms with Crippen LogP contribution in [0.1, 0.15) is 55.2 Å². The number of rotatable bonds is 6. The van der Waals surface area contributed by atoms with Crippen molar-refractivity contribution >= 4 is 38.7 Å². The first-order valence-electron chi connectivity index (χ1n) is 11.7. The van der Waals surface area contributed by atoms with E-state index in [-0.39, 0.29) is 23.3 Å². The van der Waals surface area contributed by atoms with Gasteiger partial charge < -0.3 is 5.11 Å². The van der Waals surface area contributed by atoms with Gasteiger partial charge in [0, 0.05) is 0 Å². The Bertz CT molecular complexity index is 1310. The Kier molecular flexibility index (Phi) is 6.95. The van der Waals surface area contributed by atoms with E-state index >= 15 is 0 Å². The van der Waals surface area contributed by atoms with Crippen molar-refractivity contribution in [3.05, 3.63) is 53.1 Å². The van der Waals surface area contributed by atoms with Crippen molar-refractivity contribution in [2.24, 2.45) is 10.2 Å². The lowest BCUT2D eigenvalue weighted by Crippen LogP contribution is -2.34.